The van der Waals surface area contributed by atoms with Gasteiger partial charge in [0.2, 0.25) is 5.88 Å². The second kappa shape index (κ2) is 5.68. The molecule has 1 N–H and O–H groups in total. The molecule has 0 saturated carbocycles. The third-order valence-corrected chi connectivity index (χ3v) is 3.92. The van der Waals surface area contributed by atoms with Gasteiger partial charge in [-0.3, -0.25) is 14.1 Å². The lowest BCUT2D eigenvalue weighted by molar-refractivity contribution is 0.417. The minimum Gasteiger partial charge on any atom is -0.496 e. The third kappa shape index (κ3) is 2.25. The molecule has 8 heteroatoms. The van der Waals surface area contributed by atoms with Gasteiger partial charge in [0.1, 0.15) is 11.4 Å². The van der Waals surface area contributed by atoms with Gasteiger partial charge in [-0.15, -0.1) is 12.4 Å². The lowest BCUT2D eigenvalue weighted by Gasteiger charge is -2.10. The molecule has 0 aliphatic heterocycles. The summed E-state index contributed by atoms with van der Waals surface area (Å²) in [4.78, 5) is 8.73. The molecular weight excluding hydrogens is 330 g/mol. The van der Waals surface area contributed by atoms with E-state index in [0.29, 0.717) is 17.1 Å². The van der Waals surface area contributed by atoms with Crippen LogP contribution in [0.3, 0.4) is 0 Å². The second-order valence-corrected chi connectivity index (χ2v) is 5.42. The Morgan fingerprint density at radius 1 is 1.21 bits per heavy atom. The number of halogens is 1. The van der Waals surface area contributed by atoms with Crippen LogP contribution in [0.1, 0.15) is 5.69 Å². The summed E-state index contributed by atoms with van der Waals surface area (Å²) in [5, 5.41) is 14.5. The van der Waals surface area contributed by atoms with E-state index < -0.39 is 0 Å². The van der Waals surface area contributed by atoms with Crippen molar-refractivity contribution in [3.63, 3.8) is 0 Å². The van der Waals surface area contributed by atoms with Crippen LogP contribution in [0, 0.1) is 6.92 Å². The summed E-state index contributed by atoms with van der Waals surface area (Å²) in [6, 6.07) is 3.79. The molecule has 1 aromatic carbocycles. The molecule has 0 saturated heterocycles. The molecule has 3 heterocycles. The largest absolute Gasteiger partial charge is 0.496 e. The number of rotatable bonds is 2. The van der Waals surface area contributed by atoms with E-state index in [2.05, 4.69) is 15.1 Å². The van der Waals surface area contributed by atoms with Crippen molar-refractivity contribution in [3.05, 3.63) is 36.4 Å². The number of aromatic hydroxyl groups is 1. The van der Waals surface area contributed by atoms with Crippen LogP contribution in [-0.4, -0.2) is 36.4 Å². The third-order valence-electron chi connectivity index (χ3n) is 3.92. The predicted octanol–water partition coefficient (Wildman–Crippen LogP) is 2.73. The van der Waals surface area contributed by atoms with E-state index in [1.54, 1.807) is 35.5 Å². The van der Waals surface area contributed by atoms with Crippen molar-refractivity contribution in [2.45, 2.75) is 6.92 Å². The number of nitrogens with zero attached hydrogens (tertiary/aromatic N) is 5. The number of aromatic nitrogens is 5. The molecule has 0 fully saturated rings. The number of methoxy groups -OCH3 is 1. The molecular formula is C16H16ClN5O2. The van der Waals surface area contributed by atoms with Crippen LogP contribution >= 0.6 is 12.4 Å². The predicted molar refractivity (Wildman–Crippen MR) is 92.9 cm³/mol. The summed E-state index contributed by atoms with van der Waals surface area (Å²) in [5.74, 6) is 0.823. The van der Waals surface area contributed by atoms with Gasteiger partial charge < -0.3 is 9.84 Å². The van der Waals surface area contributed by atoms with Crippen LogP contribution in [-0.2, 0) is 7.05 Å². The van der Waals surface area contributed by atoms with Gasteiger partial charge in [-0.1, -0.05) is 0 Å². The Morgan fingerprint density at radius 2 is 2.00 bits per heavy atom. The Bertz CT molecular complexity index is 1050. The van der Waals surface area contributed by atoms with E-state index in [1.807, 2.05) is 25.4 Å². The van der Waals surface area contributed by atoms with Crippen LogP contribution in [0.4, 0.5) is 0 Å². The standard InChI is InChI=1S/C16H15N5O2.ClH/c1-9-16(22)21-13-4-11(10-6-18-20(2)8-10)14(23-3)5-12(13)17-7-15(21)19-9;/h4-8,22H,1-3H3;1H. The maximum absolute atomic E-state index is 10.3. The van der Waals surface area contributed by atoms with E-state index in [4.69, 9.17) is 4.74 Å². The number of imidazole rings is 1. The highest BCUT2D eigenvalue weighted by Crippen LogP contribution is 2.34. The quantitative estimate of drug-likeness (QED) is 0.604. The van der Waals surface area contributed by atoms with E-state index in [1.165, 1.54) is 0 Å². The number of aryl methyl sites for hydroxylation is 2. The first kappa shape index (κ1) is 16.1. The molecule has 0 bridgehead atoms. The summed E-state index contributed by atoms with van der Waals surface area (Å²) in [7, 11) is 3.49. The molecule has 0 aliphatic carbocycles. The fourth-order valence-electron chi connectivity index (χ4n) is 2.79. The molecule has 3 aromatic heterocycles. The zero-order valence-corrected chi connectivity index (χ0v) is 14.2. The highest BCUT2D eigenvalue weighted by molar-refractivity contribution is 5.87. The van der Waals surface area contributed by atoms with Gasteiger partial charge in [-0.25, -0.2) is 4.98 Å². The lowest BCUT2D eigenvalue weighted by Crippen LogP contribution is -1.94. The fraction of sp³-hybridized carbons (Fsp3) is 0.188. The van der Waals surface area contributed by atoms with Crippen molar-refractivity contribution >= 4 is 29.1 Å². The highest BCUT2D eigenvalue weighted by Gasteiger charge is 2.15. The summed E-state index contributed by atoms with van der Waals surface area (Å²) in [6.45, 7) is 1.76. The fourth-order valence-corrected chi connectivity index (χ4v) is 2.79. The zero-order valence-electron chi connectivity index (χ0n) is 13.4. The molecule has 124 valence electrons. The van der Waals surface area contributed by atoms with Crippen molar-refractivity contribution in [1.82, 2.24) is 24.1 Å². The summed E-state index contributed by atoms with van der Waals surface area (Å²) >= 11 is 0. The maximum Gasteiger partial charge on any atom is 0.219 e. The SMILES string of the molecule is COc1cc2ncc3nc(C)c(O)n3c2cc1-c1cnn(C)c1.Cl. The van der Waals surface area contributed by atoms with Gasteiger partial charge in [0.05, 0.1) is 30.5 Å². The van der Waals surface area contributed by atoms with E-state index in [0.717, 1.165) is 22.2 Å². The lowest BCUT2D eigenvalue weighted by atomic mass is 10.1. The van der Waals surface area contributed by atoms with Gasteiger partial charge in [0.15, 0.2) is 5.65 Å². The van der Waals surface area contributed by atoms with Gasteiger partial charge in [-0.2, -0.15) is 5.10 Å². The number of hydrogen-bond donors (Lipinski definition) is 1. The maximum atomic E-state index is 10.3. The first-order valence-corrected chi connectivity index (χ1v) is 7.12. The first-order chi connectivity index (χ1) is 11.1. The second-order valence-electron chi connectivity index (χ2n) is 5.42. The average molecular weight is 346 g/mol. The zero-order chi connectivity index (χ0) is 16.1. The van der Waals surface area contributed by atoms with Crippen LogP contribution in [0.5, 0.6) is 11.6 Å². The number of fused-ring (bicyclic) bond motifs is 3. The highest BCUT2D eigenvalue weighted by atomic mass is 35.5. The van der Waals surface area contributed by atoms with Crippen LogP contribution in [0.25, 0.3) is 27.8 Å². The van der Waals surface area contributed by atoms with Crippen LogP contribution in [0.2, 0.25) is 0 Å². The minimum absolute atomic E-state index is 0. The molecule has 4 rings (SSSR count). The van der Waals surface area contributed by atoms with Crippen molar-refractivity contribution < 1.29 is 9.84 Å². The molecule has 0 atom stereocenters. The molecule has 7 nitrogen and oxygen atoms in total. The smallest absolute Gasteiger partial charge is 0.219 e. The van der Waals surface area contributed by atoms with Crippen molar-refractivity contribution in [3.8, 4) is 22.8 Å². The van der Waals surface area contributed by atoms with Crippen molar-refractivity contribution in [1.29, 1.82) is 0 Å². The number of hydrogen-bond acceptors (Lipinski definition) is 5. The van der Waals surface area contributed by atoms with Gasteiger partial charge in [0.25, 0.3) is 0 Å². The average Bonchev–Trinajstić information content (AvgIpc) is 3.10. The molecule has 0 unspecified atom stereocenters. The van der Waals surface area contributed by atoms with Gasteiger partial charge in [-0.05, 0) is 13.0 Å². The molecule has 0 aliphatic rings. The summed E-state index contributed by atoms with van der Waals surface area (Å²) < 4.78 is 8.92. The Labute approximate surface area is 143 Å². The van der Waals surface area contributed by atoms with Crippen LogP contribution < -0.4 is 4.74 Å². The Morgan fingerprint density at radius 3 is 2.67 bits per heavy atom. The Hall–Kier alpha value is -2.80. The molecule has 24 heavy (non-hydrogen) atoms. The summed E-state index contributed by atoms with van der Waals surface area (Å²) in [6.07, 6.45) is 5.32. The van der Waals surface area contributed by atoms with E-state index >= 15 is 0 Å². The number of ether oxygens (including phenoxy) is 1. The normalized spacial score (nSPS) is 11.0. The number of benzene rings is 1. The van der Waals surface area contributed by atoms with Gasteiger partial charge >= 0.3 is 0 Å². The molecule has 0 amide bonds. The first-order valence-electron chi connectivity index (χ1n) is 7.12. The van der Waals surface area contributed by atoms with Crippen LogP contribution in [0.15, 0.2) is 30.7 Å². The monoisotopic (exact) mass is 345 g/mol. The van der Waals surface area contributed by atoms with Crippen molar-refractivity contribution in [2.24, 2.45) is 7.05 Å². The van der Waals surface area contributed by atoms with Gasteiger partial charge in [0, 0.05) is 30.4 Å². The molecule has 0 radical (unpaired) electrons. The summed E-state index contributed by atoms with van der Waals surface area (Å²) in [5.41, 5.74) is 4.47. The minimum atomic E-state index is 0. The Balaban J connectivity index is 0.00000169. The van der Waals surface area contributed by atoms with E-state index in [9.17, 15) is 5.11 Å². The molecule has 0 spiro atoms. The molecule has 4 aromatic rings. The Kier molecular flexibility index (Phi) is 3.81. The topological polar surface area (TPSA) is 77.5 Å². The van der Waals surface area contributed by atoms with Crippen molar-refractivity contribution in [2.75, 3.05) is 7.11 Å². The van der Waals surface area contributed by atoms with E-state index in [-0.39, 0.29) is 18.3 Å².